The summed E-state index contributed by atoms with van der Waals surface area (Å²) in [5, 5.41) is 4.01. The molecule has 1 aromatic heterocycles. The number of benzene rings is 1. The minimum Gasteiger partial charge on any atom is -0.496 e. The SMILES string of the molecule is COc1ccc(C2CCCCC2)cc1-c1noc(CN)n1. The van der Waals surface area contributed by atoms with E-state index in [9.17, 15) is 0 Å². The average molecular weight is 287 g/mol. The number of nitrogens with two attached hydrogens (primary N) is 1. The summed E-state index contributed by atoms with van der Waals surface area (Å²) in [6.45, 7) is 0.248. The molecule has 0 atom stereocenters. The second kappa shape index (κ2) is 6.26. The van der Waals surface area contributed by atoms with Crippen molar-refractivity contribution in [3.8, 4) is 17.1 Å². The molecule has 0 saturated heterocycles. The van der Waals surface area contributed by atoms with Crippen LogP contribution in [0.2, 0.25) is 0 Å². The van der Waals surface area contributed by atoms with Gasteiger partial charge in [0.15, 0.2) is 0 Å². The molecule has 2 N–H and O–H groups in total. The molecule has 1 aromatic carbocycles. The molecule has 0 spiro atoms. The van der Waals surface area contributed by atoms with Crippen LogP contribution in [0.5, 0.6) is 5.75 Å². The van der Waals surface area contributed by atoms with Crippen molar-refractivity contribution in [2.24, 2.45) is 5.73 Å². The number of hydrogen-bond donors (Lipinski definition) is 1. The van der Waals surface area contributed by atoms with E-state index in [0.717, 1.165) is 11.3 Å². The van der Waals surface area contributed by atoms with Crippen LogP contribution in [0.3, 0.4) is 0 Å². The van der Waals surface area contributed by atoms with Gasteiger partial charge in [0.25, 0.3) is 0 Å². The Kier molecular flexibility index (Phi) is 4.20. The monoisotopic (exact) mass is 287 g/mol. The predicted octanol–water partition coefficient (Wildman–Crippen LogP) is 3.25. The zero-order valence-electron chi connectivity index (χ0n) is 12.3. The fraction of sp³-hybridized carbons (Fsp3) is 0.500. The Labute approximate surface area is 124 Å². The summed E-state index contributed by atoms with van der Waals surface area (Å²) in [5.74, 6) is 2.38. The second-order valence-corrected chi connectivity index (χ2v) is 5.51. The number of nitrogens with zero attached hydrogens (tertiary/aromatic N) is 2. The van der Waals surface area contributed by atoms with E-state index in [4.69, 9.17) is 15.0 Å². The maximum atomic E-state index is 5.53. The Hall–Kier alpha value is -1.88. The third-order valence-electron chi connectivity index (χ3n) is 4.18. The summed E-state index contributed by atoms with van der Waals surface area (Å²) in [6.07, 6.45) is 6.49. The normalized spacial score (nSPS) is 16.1. The molecule has 0 unspecified atom stereocenters. The van der Waals surface area contributed by atoms with Gasteiger partial charge < -0.3 is 15.0 Å². The van der Waals surface area contributed by atoms with Gasteiger partial charge in [-0.2, -0.15) is 4.98 Å². The number of methoxy groups -OCH3 is 1. The van der Waals surface area contributed by atoms with Crippen LogP contribution < -0.4 is 10.5 Å². The molecule has 0 amide bonds. The van der Waals surface area contributed by atoms with Crippen molar-refractivity contribution in [1.29, 1.82) is 0 Å². The maximum absolute atomic E-state index is 5.53. The predicted molar refractivity (Wildman–Crippen MR) is 80.0 cm³/mol. The van der Waals surface area contributed by atoms with Gasteiger partial charge in [-0.15, -0.1) is 0 Å². The van der Waals surface area contributed by atoms with Crippen LogP contribution in [0.4, 0.5) is 0 Å². The number of aromatic nitrogens is 2. The van der Waals surface area contributed by atoms with Crippen LogP contribution in [0.15, 0.2) is 22.7 Å². The lowest BCUT2D eigenvalue weighted by atomic mass is 9.83. The van der Waals surface area contributed by atoms with Crippen LogP contribution >= 0.6 is 0 Å². The largest absolute Gasteiger partial charge is 0.496 e. The zero-order chi connectivity index (χ0) is 14.7. The van der Waals surface area contributed by atoms with Gasteiger partial charge in [0.2, 0.25) is 11.7 Å². The Bertz CT molecular complexity index is 603. The van der Waals surface area contributed by atoms with E-state index in [2.05, 4.69) is 22.3 Å². The van der Waals surface area contributed by atoms with Crippen molar-refractivity contribution in [2.45, 2.75) is 44.6 Å². The van der Waals surface area contributed by atoms with Gasteiger partial charge in [-0.3, -0.25) is 0 Å². The maximum Gasteiger partial charge on any atom is 0.240 e. The molecule has 5 nitrogen and oxygen atoms in total. The highest BCUT2D eigenvalue weighted by Crippen LogP contribution is 2.37. The molecule has 112 valence electrons. The molecule has 0 bridgehead atoms. The molecule has 1 heterocycles. The van der Waals surface area contributed by atoms with Crippen molar-refractivity contribution in [2.75, 3.05) is 7.11 Å². The van der Waals surface area contributed by atoms with Crippen LogP contribution in [-0.4, -0.2) is 17.3 Å². The fourth-order valence-electron chi connectivity index (χ4n) is 3.04. The Morgan fingerprint density at radius 2 is 2.10 bits per heavy atom. The van der Waals surface area contributed by atoms with Gasteiger partial charge in [0.05, 0.1) is 19.2 Å². The smallest absolute Gasteiger partial charge is 0.240 e. The second-order valence-electron chi connectivity index (χ2n) is 5.51. The van der Waals surface area contributed by atoms with Gasteiger partial charge in [0.1, 0.15) is 5.75 Å². The van der Waals surface area contributed by atoms with Crippen LogP contribution in [0, 0.1) is 0 Å². The highest BCUT2D eigenvalue weighted by Gasteiger charge is 2.19. The highest BCUT2D eigenvalue weighted by atomic mass is 16.5. The van der Waals surface area contributed by atoms with Crippen LogP contribution in [0.25, 0.3) is 11.4 Å². The average Bonchev–Trinajstić information content (AvgIpc) is 3.04. The van der Waals surface area contributed by atoms with Crippen molar-refractivity contribution in [1.82, 2.24) is 10.1 Å². The Morgan fingerprint density at radius 3 is 2.76 bits per heavy atom. The third kappa shape index (κ3) is 2.93. The first-order valence-corrected chi connectivity index (χ1v) is 7.52. The molecule has 0 aliphatic heterocycles. The summed E-state index contributed by atoms with van der Waals surface area (Å²) in [7, 11) is 1.66. The molecular weight excluding hydrogens is 266 g/mol. The molecule has 1 aliphatic rings. The summed E-state index contributed by atoms with van der Waals surface area (Å²) in [5.41, 5.74) is 7.75. The molecule has 1 saturated carbocycles. The quantitative estimate of drug-likeness (QED) is 0.934. The molecular formula is C16H21N3O2. The van der Waals surface area contributed by atoms with E-state index in [0.29, 0.717) is 17.6 Å². The summed E-state index contributed by atoms with van der Waals surface area (Å²) < 4.78 is 10.5. The molecule has 3 rings (SSSR count). The van der Waals surface area contributed by atoms with Crippen molar-refractivity contribution in [3.05, 3.63) is 29.7 Å². The molecule has 1 fully saturated rings. The Morgan fingerprint density at radius 1 is 1.29 bits per heavy atom. The van der Waals surface area contributed by atoms with E-state index in [-0.39, 0.29) is 6.54 Å². The van der Waals surface area contributed by atoms with Gasteiger partial charge in [0, 0.05) is 0 Å². The fourth-order valence-corrected chi connectivity index (χ4v) is 3.04. The van der Waals surface area contributed by atoms with E-state index in [1.807, 2.05) is 6.07 Å². The number of rotatable bonds is 4. The molecule has 2 aromatic rings. The summed E-state index contributed by atoms with van der Waals surface area (Å²) >= 11 is 0. The van der Waals surface area contributed by atoms with Gasteiger partial charge in [-0.25, -0.2) is 0 Å². The lowest BCUT2D eigenvalue weighted by Gasteiger charge is -2.22. The first kappa shape index (κ1) is 14.1. The topological polar surface area (TPSA) is 74.2 Å². The van der Waals surface area contributed by atoms with Crippen LogP contribution in [0.1, 0.15) is 49.5 Å². The van der Waals surface area contributed by atoms with Gasteiger partial charge >= 0.3 is 0 Å². The summed E-state index contributed by atoms with van der Waals surface area (Å²) in [4.78, 5) is 4.31. The summed E-state index contributed by atoms with van der Waals surface area (Å²) in [6, 6.07) is 6.29. The van der Waals surface area contributed by atoms with Gasteiger partial charge in [-0.05, 0) is 36.5 Å². The molecule has 0 radical (unpaired) electrons. The van der Waals surface area contributed by atoms with Crippen molar-refractivity contribution >= 4 is 0 Å². The van der Waals surface area contributed by atoms with E-state index in [1.165, 1.54) is 37.7 Å². The van der Waals surface area contributed by atoms with Crippen molar-refractivity contribution in [3.63, 3.8) is 0 Å². The number of hydrogen-bond acceptors (Lipinski definition) is 5. The molecule has 1 aliphatic carbocycles. The van der Waals surface area contributed by atoms with E-state index < -0.39 is 0 Å². The first-order valence-electron chi connectivity index (χ1n) is 7.52. The molecule has 5 heteroatoms. The third-order valence-corrected chi connectivity index (χ3v) is 4.18. The lowest BCUT2D eigenvalue weighted by molar-refractivity contribution is 0.379. The van der Waals surface area contributed by atoms with Gasteiger partial charge in [-0.1, -0.05) is 30.5 Å². The Balaban J connectivity index is 1.96. The van der Waals surface area contributed by atoms with Crippen LogP contribution in [-0.2, 0) is 6.54 Å². The van der Waals surface area contributed by atoms with Crippen molar-refractivity contribution < 1.29 is 9.26 Å². The van der Waals surface area contributed by atoms with E-state index in [1.54, 1.807) is 7.11 Å². The number of ether oxygens (including phenoxy) is 1. The molecule has 21 heavy (non-hydrogen) atoms. The van der Waals surface area contributed by atoms with E-state index >= 15 is 0 Å². The zero-order valence-corrected chi connectivity index (χ0v) is 12.3. The standard InChI is InChI=1S/C16H21N3O2/c1-20-14-8-7-12(11-5-3-2-4-6-11)9-13(14)16-18-15(10-17)21-19-16/h7-9,11H,2-6,10,17H2,1H3. The highest BCUT2D eigenvalue weighted by molar-refractivity contribution is 5.65. The lowest BCUT2D eigenvalue weighted by Crippen LogP contribution is -2.05. The first-order chi connectivity index (χ1) is 10.3. The minimum atomic E-state index is 0.248. The minimum absolute atomic E-state index is 0.248.